The first-order valence-electron chi connectivity index (χ1n) is 7.85. The van der Waals surface area contributed by atoms with Crippen molar-refractivity contribution in [2.75, 3.05) is 25.1 Å². The monoisotopic (exact) mass is 424 g/mol. The second-order valence-corrected chi connectivity index (χ2v) is 6.09. The molecule has 2 amide bonds. The van der Waals surface area contributed by atoms with Crippen molar-refractivity contribution < 1.29 is 23.5 Å². The molecule has 2 rings (SSSR count). The first-order chi connectivity index (χ1) is 12.5. The number of hydrogen-bond donors (Lipinski definition) is 2. The maximum absolute atomic E-state index is 13.6. The zero-order valence-corrected chi connectivity index (χ0v) is 15.6. The van der Waals surface area contributed by atoms with E-state index in [9.17, 15) is 14.0 Å². The van der Waals surface area contributed by atoms with E-state index in [4.69, 9.17) is 9.47 Å². The van der Waals surface area contributed by atoms with Crippen LogP contribution >= 0.6 is 15.9 Å². The van der Waals surface area contributed by atoms with Crippen LogP contribution in [0.25, 0.3) is 0 Å². The van der Waals surface area contributed by atoms with Crippen molar-refractivity contribution >= 4 is 33.4 Å². The highest BCUT2D eigenvalue weighted by Crippen LogP contribution is 2.21. The van der Waals surface area contributed by atoms with Gasteiger partial charge in [-0.15, -0.1) is 0 Å². The smallest absolute Gasteiger partial charge is 0.262 e. The van der Waals surface area contributed by atoms with Gasteiger partial charge in [0.15, 0.2) is 24.8 Å². The van der Waals surface area contributed by atoms with Gasteiger partial charge in [0.25, 0.3) is 11.8 Å². The second-order valence-electron chi connectivity index (χ2n) is 5.18. The molecule has 0 saturated carbocycles. The fourth-order valence-corrected chi connectivity index (χ4v) is 2.30. The van der Waals surface area contributed by atoms with Crippen molar-refractivity contribution in [3.63, 3.8) is 0 Å². The first kappa shape index (κ1) is 19.7. The van der Waals surface area contributed by atoms with E-state index >= 15 is 0 Å². The van der Waals surface area contributed by atoms with Crippen molar-refractivity contribution in [2.45, 2.75) is 6.92 Å². The molecular weight excluding hydrogens is 407 g/mol. The summed E-state index contributed by atoms with van der Waals surface area (Å²) in [5.74, 6) is -0.689. The van der Waals surface area contributed by atoms with Gasteiger partial charge in [-0.25, -0.2) is 4.39 Å². The van der Waals surface area contributed by atoms with Crippen molar-refractivity contribution in [3.05, 3.63) is 52.8 Å². The lowest BCUT2D eigenvalue weighted by atomic mass is 10.3. The van der Waals surface area contributed by atoms with Crippen molar-refractivity contribution in [1.82, 2.24) is 5.32 Å². The van der Waals surface area contributed by atoms with Crippen LogP contribution in [0.4, 0.5) is 10.1 Å². The van der Waals surface area contributed by atoms with E-state index in [0.29, 0.717) is 22.5 Å². The number of halogens is 2. The molecule has 26 heavy (non-hydrogen) atoms. The lowest BCUT2D eigenvalue weighted by Crippen LogP contribution is -2.28. The Kier molecular flexibility index (Phi) is 7.40. The number of ether oxygens (including phenoxy) is 2. The first-order valence-corrected chi connectivity index (χ1v) is 8.64. The molecule has 8 heteroatoms. The molecule has 0 bridgehead atoms. The molecule has 0 fully saturated rings. The number of benzene rings is 2. The van der Waals surface area contributed by atoms with E-state index in [1.165, 1.54) is 12.1 Å². The number of hydrogen-bond acceptors (Lipinski definition) is 4. The van der Waals surface area contributed by atoms with Crippen LogP contribution in [-0.2, 0) is 9.59 Å². The van der Waals surface area contributed by atoms with Gasteiger partial charge in [0.1, 0.15) is 5.75 Å². The lowest BCUT2D eigenvalue weighted by molar-refractivity contribution is -0.123. The predicted molar refractivity (Wildman–Crippen MR) is 98.8 cm³/mol. The van der Waals surface area contributed by atoms with Crippen molar-refractivity contribution in [3.8, 4) is 11.5 Å². The molecule has 0 saturated heterocycles. The fourth-order valence-electron chi connectivity index (χ4n) is 1.96. The average molecular weight is 425 g/mol. The zero-order valence-electron chi connectivity index (χ0n) is 14.1. The minimum atomic E-state index is -0.555. The maximum Gasteiger partial charge on any atom is 0.262 e. The van der Waals surface area contributed by atoms with E-state index in [1.54, 1.807) is 30.3 Å². The van der Waals surface area contributed by atoms with Crippen LogP contribution in [0, 0.1) is 5.82 Å². The van der Waals surface area contributed by atoms with E-state index in [-0.39, 0.29) is 24.9 Å². The van der Waals surface area contributed by atoms with Crippen LogP contribution in [-0.4, -0.2) is 31.6 Å². The standard InChI is InChI=1S/C18H18BrFN2O4/c1-2-21-17(23)10-25-14-6-4-13(5-7-14)22-18(24)11-26-16-8-3-12(19)9-15(16)20/h3-9H,2,10-11H2,1H3,(H,21,23)(H,22,24). The Morgan fingerprint density at radius 2 is 1.73 bits per heavy atom. The SMILES string of the molecule is CCNC(=O)COc1ccc(NC(=O)COc2ccc(Br)cc2F)cc1. The Labute approximate surface area is 158 Å². The van der Waals surface area contributed by atoms with E-state index in [1.807, 2.05) is 6.92 Å². The molecule has 0 aliphatic carbocycles. The molecule has 0 heterocycles. The van der Waals surface area contributed by atoms with Gasteiger partial charge >= 0.3 is 0 Å². The molecular formula is C18H18BrFN2O4. The highest BCUT2D eigenvalue weighted by molar-refractivity contribution is 9.10. The Morgan fingerprint density at radius 1 is 1.04 bits per heavy atom. The summed E-state index contributed by atoms with van der Waals surface area (Å²) in [6.45, 7) is 1.96. The van der Waals surface area contributed by atoms with Crippen LogP contribution in [0.1, 0.15) is 6.92 Å². The molecule has 0 radical (unpaired) electrons. The number of amides is 2. The van der Waals surface area contributed by atoms with E-state index < -0.39 is 11.7 Å². The summed E-state index contributed by atoms with van der Waals surface area (Å²) in [6.07, 6.45) is 0. The Morgan fingerprint density at radius 3 is 2.38 bits per heavy atom. The molecule has 0 aromatic heterocycles. The summed E-state index contributed by atoms with van der Waals surface area (Å²) in [5, 5.41) is 5.25. The molecule has 0 aliphatic heterocycles. The van der Waals surface area contributed by atoms with Gasteiger partial charge in [-0.3, -0.25) is 9.59 Å². The van der Waals surface area contributed by atoms with Crippen LogP contribution in [0.5, 0.6) is 11.5 Å². The zero-order chi connectivity index (χ0) is 18.9. The van der Waals surface area contributed by atoms with Gasteiger partial charge in [-0.1, -0.05) is 15.9 Å². The average Bonchev–Trinajstić information content (AvgIpc) is 2.61. The molecule has 138 valence electrons. The predicted octanol–water partition coefficient (Wildman–Crippen LogP) is 3.12. The van der Waals surface area contributed by atoms with Gasteiger partial charge in [-0.05, 0) is 49.4 Å². The van der Waals surface area contributed by atoms with Crippen LogP contribution in [0.15, 0.2) is 46.9 Å². The Balaban J connectivity index is 1.80. The molecule has 0 atom stereocenters. The Bertz CT molecular complexity index is 768. The molecule has 6 nitrogen and oxygen atoms in total. The highest BCUT2D eigenvalue weighted by atomic mass is 79.9. The minimum Gasteiger partial charge on any atom is -0.484 e. The van der Waals surface area contributed by atoms with Crippen molar-refractivity contribution in [1.29, 1.82) is 0 Å². The van der Waals surface area contributed by atoms with Crippen molar-refractivity contribution in [2.24, 2.45) is 0 Å². The van der Waals surface area contributed by atoms with Gasteiger partial charge < -0.3 is 20.1 Å². The van der Waals surface area contributed by atoms with E-state index in [2.05, 4.69) is 26.6 Å². The number of likely N-dealkylation sites (N-methyl/N-ethyl adjacent to an activating group) is 1. The third kappa shape index (κ3) is 6.36. The van der Waals surface area contributed by atoms with Crippen LogP contribution < -0.4 is 20.1 Å². The van der Waals surface area contributed by atoms with Gasteiger partial charge in [0, 0.05) is 16.7 Å². The number of carbonyl (C=O) groups is 2. The topological polar surface area (TPSA) is 76.7 Å². The molecule has 2 aromatic rings. The normalized spacial score (nSPS) is 10.1. The fraction of sp³-hybridized carbons (Fsp3) is 0.222. The minimum absolute atomic E-state index is 0.00236. The van der Waals surface area contributed by atoms with Crippen LogP contribution in [0.2, 0.25) is 0 Å². The maximum atomic E-state index is 13.6. The van der Waals surface area contributed by atoms with Crippen LogP contribution in [0.3, 0.4) is 0 Å². The molecule has 2 N–H and O–H groups in total. The van der Waals surface area contributed by atoms with Gasteiger partial charge in [0.05, 0.1) is 0 Å². The summed E-state index contributed by atoms with van der Waals surface area (Å²) in [6, 6.07) is 10.8. The quantitative estimate of drug-likeness (QED) is 0.682. The van der Waals surface area contributed by atoms with Gasteiger partial charge in [-0.2, -0.15) is 0 Å². The highest BCUT2D eigenvalue weighted by Gasteiger charge is 2.08. The van der Waals surface area contributed by atoms with Gasteiger partial charge in [0.2, 0.25) is 0 Å². The summed E-state index contributed by atoms with van der Waals surface area (Å²) in [5.41, 5.74) is 0.528. The summed E-state index contributed by atoms with van der Waals surface area (Å²) in [7, 11) is 0. The number of anilines is 1. The number of carbonyl (C=O) groups excluding carboxylic acids is 2. The summed E-state index contributed by atoms with van der Waals surface area (Å²) >= 11 is 3.15. The molecule has 0 aliphatic rings. The molecule has 0 spiro atoms. The number of nitrogens with one attached hydrogen (secondary N) is 2. The third-order valence-corrected chi connectivity index (χ3v) is 3.63. The van der Waals surface area contributed by atoms with E-state index in [0.717, 1.165) is 0 Å². The summed E-state index contributed by atoms with van der Waals surface area (Å²) < 4.78 is 24.7. The molecule has 0 unspecified atom stereocenters. The summed E-state index contributed by atoms with van der Waals surface area (Å²) in [4.78, 5) is 23.2. The second kappa shape index (κ2) is 9.76. The molecule has 2 aromatic carbocycles. The lowest BCUT2D eigenvalue weighted by Gasteiger charge is -2.10. The largest absolute Gasteiger partial charge is 0.484 e. The number of rotatable bonds is 8. The Hall–Kier alpha value is -2.61. The third-order valence-electron chi connectivity index (χ3n) is 3.13.